The molecule has 2 fully saturated rings. The zero-order valence-electron chi connectivity index (χ0n) is 15.2. The monoisotopic (exact) mass is 356 g/mol. The van der Waals surface area contributed by atoms with Gasteiger partial charge in [-0.05, 0) is 67.6 Å². The van der Waals surface area contributed by atoms with Crippen molar-refractivity contribution in [2.75, 3.05) is 5.75 Å². The molecule has 0 heterocycles. The summed E-state index contributed by atoms with van der Waals surface area (Å²) >= 11 is 1.78. The molecule has 0 aromatic rings. The number of allylic oxidation sites excluding steroid dienone is 4. The average molecular weight is 357 g/mol. The van der Waals surface area contributed by atoms with Crippen molar-refractivity contribution in [1.82, 2.24) is 0 Å². The van der Waals surface area contributed by atoms with E-state index in [2.05, 4.69) is 19.6 Å². The van der Waals surface area contributed by atoms with Gasteiger partial charge in [0.15, 0.2) is 5.78 Å². The molecule has 2 nitrogen and oxygen atoms in total. The van der Waals surface area contributed by atoms with Crippen LogP contribution in [0.2, 0.25) is 0 Å². The van der Waals surface area contributed by atoms with Crippen molar-refractivity contribution in [2.24, 2.45) is 22.7 Å². The molecule has 3 heteroatoms. The van der Waals surface area contributed by atoms with Crippen molar-refractivity contribution >= 4 is 23.3 Å². The number of Topliss-reactive ketones (excluding diaryl/α,β-unsaturated/α-hetero) is 1. The van der Waals surface area contributed by atoms with Crippen LogP contribution in [-0.4, -0.2) is 17.3 Å². The second-order valence-corrected chi connectivity index (χ2v) is 9.57. The van der Waals surface area contributed by atoms with Crippen molar-refractivity contribution in [1.29, 1.82) is 0 Å². The lowest BCUT2D eigenvalue weighted by atomic mass is 9.50. The van der Waals surface area contributed by atoms with E-state index in [1.54, 1.807) is 17.3 Å². The van der Waals surface area contributed by atoms with Crippen molar-refractivity contribution in [3.63, 3.8) is 0 Å². The highest BCUT2D eigenvalue weighted by molar-refractivity contribution is 8.02. The summed E-state index contributed by atoms with van der Waals surface area (Å²) in [5.41, 5.74) is 2.92. The van der Waals surface area contributed by atoms with E-state index in [0.29, 0.717) is 29.8 Å². The molecule has 0 aliphatic heterocycles. The summed E-state index contributed by atoms with van der Waals surface area (Å²) in [5, 5.41) is 1.93. The van der Waals surface area contributed by atoms with Gasteiger partial charge in [-0.15, -0.1) is 11.8 Å². The SMILES string of the molecule is C=CSCC[C@]12CCC(=O)C=C1CCC1C2=CC[C@]2(C)C(=O)CCC12. The fraction of sp³-hybridized carbons (Fsp3) is 0.636. The first-order valence-corrected chi connectivity index (χ1v) is 10.8. The van der Waals surface area contributed by atoms with Crippen molar-refractivity contribution in [2.45, 2.75) is 58.3 Å². The molecule has 0 N–H and O–H groups in total. The van der Waals surface area contributed by atoms with Gasteiger partial charge in [0.1, 0.15) is 5.78 Å². The third-order valence-electron chi connectivity index (χ3n) is 7.56. The smallest absolute Gasteiger partial charge is 0.155 e. The number of ketones is 2. The van der Waals surface area contributed by atoms with E-state index < -0.39 is 0 Å². The Balaban J connectivity index is 1.74. The quantitative estimate of drug-likeness (QED) is 0.509. The van der Waals surface area contributed by atoms with Crippen LogP contribution in [-0.2, 0) is 9.59 Å². The first-order valence-electron chi connectivity index (χ1n) is 9.71. The standard InChI is InChI=1S/C22H28O2S/c1-3-25-13-12-22-11-8-16(23)14-15(22)4-5-17-18-6-7-20(24)21(18,2)10-9-19(17)22/h3,9,14,17-18H,1,4-8,10-13H2,2H3/t17?,18?,21-,22+/m0/s1. The highest BCUT2D eigenvalue weighted by Gasteiger charge is 2.56. The molecule has 0 bridgehead atoms. The second-order valence-electron chi connectivity index (χ2n) is 8.50. The van der Waals surface area contributed by atoms with Crippen molar-refractivity contribution in [3.8, 4) is 0 Å². The molecule has 0 radical (unpaired) electrons. The van der Waals surface area contributed by atoms with Crippen LogP contribution in [0.1, 0.15) is 58.3 Å². The topological polar surface area (TPSA) is 34.1 Å². The minimum Gasteiger partial charge on any atom is -0.299 e. The molecule has 4 atom stereocenters. The minimum atomic E-state index is -0.128. The molecule has 4 aliphatic carbocycles. The van der Waals surface area contributed by atoms with E-state index in [1.165, 1.54) is 5.57 Å². The second kappa shape index (κ2) is 6.26. The Kier molecular flexibility index (Phi) is 4.34. The average Bonchev–Trinajstić information content (AvgIpc) is 2.91. The molecule has 0 saturated heterocycles. The number of carbonyl (C=O) groups excluding carboxylic acids is 2. The van der Waals surface area contributed by atoms with Gasteiger partial charge in [-0.2, -0.15) is 0 Å². The maximum absolute atomic E-state index is 12.5. The van der Waals surface area contributed by atoms with Crippen LogP contribution in [0.25, 0.3) is 0 Å². The predicted molar refractivity (Wildman–Crippen MR) is 103 cm³/mol. The van der Waals surface area contributed by atoms with Crippen LogP contribution in [0, 0.1) is 22.7 Å². The Morgan fingerprint density at radius 3 is 2.92 bits per heavy atom. The lowest BCUT2D eigenvalue weighted by molar-refractivity contribution is -0.127. The van der Waals surface area contributed by atoms with Gasteiger partial charge in [0.25, 0.3) is 0 Å². The number of rotatable bonds is 4. The number of carbonyl (C=O) groups is 2. The minimum absolute atomic E-state index is 0.0831. The normalized spacial score (nSPS) is 39.9. The van der Waals surface area contributed by atoms with Crippen LogP contribution in [0.15, 0.2) is 35.3 Å². The molecule has 0 spiro atoms. The maximum Gasteiger partial charge on any atom is 0.155 e. The summed E-state index contributed by atoms with van der Waals surface area (Å²) in [6.07, 6.45) is 12.0. The zero-order valence-corrected chi connectivity index (χ0v) is 16.0. The zero-order chi connectivity index (χ0) is 17.7. The summed E-state index contributed by atoms with van der Waals surface area (Å²) in [7, 11) is 0. The highest BCUT2D eigenvalue weighted by atomic mass is 32.2. The number of hydrogen-bond acceptors (Lipinski definition) is 3. The molecule has 0 amide bonds. The first kappa shape index (κ1) is 17.3. The molecular formula is C22H28O2S. The molecule has 4 aliphatic rings. The Morgan fingerprint density at radius 2 is 2.12 bits per heavy atom. The summed E-state index contributed by atoms with van der Waals surface area (Å²) in [6, 6.07) is 0. The fourth-order valence-electron chi connectivity index (χ4n) is 6.21. The molecule has 2 unspecified atom stereocenters. The van der Waals surface area contributed by atoms with Gasteiger partial charge in [-0.3, -0.25) is 9.59 Å². The van der Waals surface area contributed by atoms with Gasteiger partial charge in [-0.1, -0.05) is 30.7 Å². The van der Waals surface area contributed by atoms with Gasteiger partial charge in [0, 0.05) is 23.7 Å². The van der Waals surface area contributed by atoms with Crippen LogP contribution >= 0.6 is 11.8 Å². The van der Waals surface area contributed by atoms with Crippen molar-refractivity contribution < 1.29 is 9.59 Å². The third-order valence-corrected chi connectivity index (χ3v) is 8.23. The Labute approximate surface area is 155 Å². The van der Waals surface area contributed by atoms with Gasteiger partial charge in [0.2, 0.25) is 0 Å². The highest BCUT2D eigenvalue weighted by Crippen LogP contribution is 2.63. The number of thioether (sulfide) groups is 1. The van der Waals surface area contributed by atoms with Gasteiger partial charge in [0.05, 0.1) is 0 Å². The lowest BCUT2D eigenvalue weighted by Gasteiger charge is -2.53. The Hall–Kier alpha value is -1.09. The summed E-state index contributed by atoms with van der Waals surface area (Å²) in [6.45, 7) is 6.05. The van der Waals surface area contributed by atoms with Gasteiger partial charge < -0.3 is 0 Å². The fourth-order valence-corrected chi connectivity index (χ4v) is 6.84. The summed E-state index contributed by atoms with van der Waals surface area (Å²) < 4.78 is 0. The molecule has 25 heavy (non-hydrogen) atoms. The van der Waals surface area contributed by atoms with E-state index in [9.17, 15) is 9.59 Å². The maximum atomic E-state index is 12.5. The summed E-state index contributed by atoms with van der Waals surface area (Å²) in [4.78, 5) is 24.6. The molecule has 0 aromatic carbocycles. The first-order chi connectivity index (χ1) is 12.0. The van der Waals surface area contributed by atoms with Crippen LogP contribution < -0.4 is 0 Å². The van der Waals surface area contributed by atoms with Crippen LogP contribution in [0.3, 0.4) is 0 Å². The molecule has 4 rings (SSSR count). The van der Waals surface area contributed by atoms with Gasteiger partial charge in [-0.25, -0.2) is 0 Å². The van der Waals surface area contributed by atoms with E-state index in [1.807, 2.05) is 11.5 Å². The molecular weight excluding hydrogens is 328 g/mol. The third kappa shape index (κ3) is 2.53. The number of fused-ring (bicyclic) bond motifs is 5. The van der Waals surface area contributed by atoms with Gasteiger partial charge >= 0.3 is 0 Å². The predicted octanol–water partition coefficient (Wildman–Crippen LogP) is 5.25. The Morgan fingerprint density at radius 1 is 1.28 bits per heavy atom. The van der Waals surface area contributed by atoms with E-state index in [-0.39, 0.29) is 10.8 Å². The number of hydrogen-bond donors (Lipinski definition) is 0. The van der Waals surface area contributed by atoms with Crippen LogP contribution in [0.4, 0.5) is 0 Å². The molecule has 0 aromatic heterocycles. The molecule has 134 valence electrons. The molecule has 2 saturated carbocycles. The van der Waals surface area contributed by atoms with Crippen molar-refractivity contribution in [3.05, 3.63) is 35.3 Å². The lowest BCUT2D eigenvalue weighted by Crippen LogP contribution is -2.45. The van der Waals surface area contributed by atoms with E-state index in [4.69, 9.17) is 0 Å². The largest absolute Gasteiger partial charge is 0.299 e. The van der Waals surface area contributed by atoms with Crippen LogP contribution in [0.5, 0.6) is 0 Å². The Bertz CT molecular complexity index is 688. The summed E-state index contributed by atoms with van der Waals surface area (Å²) in [5.74, 6) is 2.90. The van der Waals surface area contributed by atoms with E-state index >= 15 is 0 Å². The van der Waals surface area contributed by atoms with E-state index in [0.717, 1.165) is 50.7 Å².